The van der Waals surface area contributed by atoms with Crippen molar-refractivity contribution in [3.05, 3.63) is 24.3 Å². The van der Waals surface area contributed by atoms with E-state index in [9.17, 15) is 9.18 Å². The molecule has 1 rings (SSSR count). The highest BCUT2D eigenvalue weighted by atomic mass is 19.1. The maximum Gasteiger partial charge on any atom is 0.226 e. The zero-order valence-electron chi connectivity index (χ0n) is 11.9. The van der Waals surface area contributed by atoms with Gasteiger partial charge in [-0.15, -0.1) is 0 Å². The molecule has 0 heterocycles. The van der Waals surface area contributed by atoms with Crippen molar-refractivity contribution in [1.82, 2.24) is 0 Å². The van der Waals surface area contributed by atoms with Crippen molar-refractivity contribution in [2.24, 2.45) is 0 Å². The molecule has 0 aliphatic rings. The summed E-state index contributed by atoms with van der Waals surface area (Å²) in [5, 5.41) is 2.78. The van der Waals surface area contributed by atoms with Crippen molar-refractivity contribution in [2.75, 3.05) is 31.8 Å². The lowest BCUT2D eigenvalue weighted by atomic mass is 10.3. The van der Waals surface area contributed by atoms with Crippen molar-refractivity contribution in [3.63, 3.8) is 0 Å². The van der Waals surface area contributed by atoms with Gasteiger partial charge in [-0.2, -0.15) is 0 Å². The van der Waals surface area contributed by atoms with Crippen LogP contribution in [0.2, 0.25) is 0 Å². The number of alkyl halides is 1. The van der Waals surface area contributed by atoms with Gasteiger partial charge in [-0.05, 0) is 30.7 Å². The molecule has 4 nitrogen and oxygen atoms in total. The van der Waals surface area contributed by atoms with Crippen molar-refractivity contribution >= 4 is 11.6 Å². The minimum absolute atomic E-state index is 0.0767. The molecule has 0 unspecified atom stereocenters. The fraction of sp³-hybridized carbons (Fsp3) is 0.533. The Morgan fingerprint density at radius 1 is 1.20 bits per heavy atom. The molecule has 0 aromatic heterocycles. The van der Waals surface area contributed by atoms with E-state index < -0.39 is 0 Å². The van der Waals surface area contributed by atoms with Gasteiger partial charge in [-0.25, -0.2) is 0 Å². The van der Waals surface area contributed by atoms with E-state index in [1.807, 2.05) is 6.92 Å². The monoisotopic (exact) mass is 283 g/mol. The van der Waals surface area contributed by atoms with Gasteiger partial charge in [-0.3, -0.25) is 9.18 Å². The maximum absolute atomic E-state index is 11.9. The lowest BCUT2D eigenvalue weighted by molar-refractivity contribution is -0.117. The molecule has 0 atom stereocenters. The highest BCUT2D eigenvalue weighted by Crippen LogP contribution is 2.16. The number of ether oxygens (including phenoxy) is 2. The number of benzene rings is 1. The van der Waals surface area contributed by atoms with E-state index >= 15 is 0 Å². The molecule has 20 heavy (non-hydrogen) atoms. The van der Waals surface area contributed by atoms with Crippen molar-refractivity contribution < 1.29 is 18.7 Å². The summed E-state index contributed by atoms with van der Waals surface area (Å²) >= 11 is 0. The summed E-state index contributed by atoms with van der Waals surface area (Å²) in [6, 6.07) is 7.02. The minimum Gasteiger partial charge on any atom is -0.493 e. The Morgan fingerprint density at radius 2 is 1.95 bits per heavy atom. The largest absolute Gasteiger partial charge is 0.493 e. The van der Waals surface area contributed by atoms with E-state index in [1.54, 1.807) is 24.3 Å². The minimum atomic E-state index is -0.381. The van der Waals surface area contributed by atoms with Gasteiger partial charge in [0.05, 0.1) is 26.3 Å². The van der Waals surface area contributed by atoms with Gasteiger partial charge in [0.15, 0.2) is 0 Å². The van der Waals surface area contributed by atoms with E-state index in [-0.39, 0.29) is 12.6 Å². The molecule has 0 aliphatic heterocycles. The number of amides is 1. The molecule has 5 heteroatoms. The second-order valence-electron chi connectivity index (χ2n) is 4.33. The van der Waals surface area contributed by atoms with Crippen LogP contribution in [0, 0.1) is 0 Å². The standard InChI is InChI=1S/C15H22FNO3/c1-2-10-19-12-8-15(18)17-13-4-6-14(7-5-13)20-11-3-9-16/h4-7H,2-3,8-12H2,1H3,(H,17,18). The Hall–Kier alpha value is -1.62. The lowest BCUT2D eigenvalue weighted by Crippen LogP contribution is -2.14. The number of carbonyl (C=O) groups is 1. The molecule has 0 saturated carbocycles. The number of nitrogens with one attached hydrogen (secondary N) is 1. The second kappa shape index (κ2) is 10.2. The summed E-state index contributed by atoms with van der Waals surface area (Å²) in [5.74, 6) is 0.593. The first kappa shape index (κ1) is 16.4. The Labute approximate surface area is 119 Å². The first-order valence-electron chi connectivity index (χ1n) is 6.92. The van der Waals surface area contributed by atoms with E-state index in [2.05, 4.69) is 5.32 Å². The van der Waals surface area contributed by atoms with Crippen LogP contribution in [0.1, 0.15) is 26.2 Å². The Morgan fingerprint density at radius 3 is 2.60 bits per heavy atom. The van der Waals surface area contributed by atoms with Crippen LogP contribution >= 0.6 is 0 Å². The number of halogens is 1. The zero-order chi connectivity index (χ0) is 14.6. The van der Waals surface area contributed by atoms with Gasteiger partial charge in [0, 0.05) is 18.7 Å². The van der Waals surface area contributed by atoms with Gasteiger partial charge < -0.3 is 14.8 Å². The number of hydrogen-bond acceptors (Lipinski definition) is 3. The van der Waals surface area contributed by atoms with Crippen LogP contribution in [-0.2, 0) is 9.53 Å². The van der Waals surface area contributed by atoms with Gasteiger partial charge in [0.1, 0.15) is 5.75 Å². The van der Waals surface area contributed by atoms with Crippen LogP contribution in [0.5, 0.6) is 5.75 Å². The molecule has 0 radical (unpaired) electrons. The Bertz CT molecular complexity index is 381. The number of carbonyl (C=O) groups excluding carboxylic acids is 1. The highest BCUT2D eigenvalue weighted by Gasteiger charge is 2.02. The SMILES string of the molecule is CCCOCCC(=O)Nc1ccc(OCCCF)cc1. The third-order valence-corrected chi connectivity index (χ3v) is 2.51. The summed E-state index contributed by atoms with van der Waals surface area (Å²) in [6.07, 6.45) is 1.68. The smallest absolute Gasteiger partial charge is 0.226 e. The molecule has 112 valence electrons. The summed E-state index contributed by atoms with van der Waals surface area (Å²) < 4.78 is 22.5. The molecule has 0 fully saturated rings. The third-order valence-electron chi connectivity index (χ3n) is 2.51. The topological polar surface area (TPSA) is 47.6 Å². The fourth-order valence-electron chi connectivity index (χ4n) is 1.51. The average molecular weight is 283 g/mol. The Balaban J connectivity index is 2.27. The van der Waals surface area contributed by atoms with Crippen molar-refractivity contribution in [3.8, 4) is 5.75 Å². The molecule has 0 saturated heterocycles. The molecule has 1 aromatic rings. The van der Waals surface area contributed by atoms with Crippen molar-refractivity contribution in [1.29, 1.82) is 0 Å². The van der Waals surface area contributed by atoms with Crippen LogP contribution in [0.25, 0.3) is 0 Å². The van der Waals surface area contributed by atoms with Crippen LogP contribution < -0.4 is 10.1 Å². The van der Waals surface area contributed by atoms with Gasteiger partial charge in [0.25, 0.3) is 0 Å². The molecular weight excluding hydrogens is 261 g/mol. The van der Waals surface area contributed by atoms with E-state index in [0.717, 1.165) is 6.42 Å². The first-order chi connectivity index (χ1) is 9.76. The summed E-state index contributed by atoms with van der Waals surface area (Å²) in [7, 11) is 0. The quantitative estimate of drug-likeness (QED) is 0.671. The van der Waals surface area contributed by atoms with Crippen molar-refractivity contribution in [2.45, 2.75) is 26.2 Å². The van der Waals surface area contributed by atoms with Gasteiger partial charge in [-0.1, -0.05) is 6.92 Å². The molecule has 0 bridgehead atoms. The molecule has 0 aliphatic carbocycles. The third kappa shape index (κ3) is 7.09. The summed E-state index contributed by atoms with van der Waals surface area (Å²) in [4.78, 5) is 11.6. The Kier molecular flexibility index (Phi) is 8.38. The van der Waals surface area contributed by atoms with E-state index in [4.69, 9.17) is 9.47 Å². The molecule has 1 aromatic carbocycles. The molecule has 1 N–H and O–H groups in total. The first-order valence-corrected chi connectivity index (χ1v) is 6.92. The van der Waals surface area contributed by atoms with Crippen LogP contribution in [0.4, 0.5) is 10.1 Å². The van der Waals surface area contributed by atoms with Gasteiger partial charge >= 0.3 is 0 Å². The molecule has 1 amide bonds. The summed E-state index contributed by atoms with van der Waals surface area (Å²) in [5.41, 5.74) is 0.711. The van der Waals surface area contributed by atoms with Gasteiger partial charge in [0.2, 0.25) is 5.91 Å². The second-order valence-corrected chi connectivity index (χ2v) is 4.33. The maximum atomic E-state index is 11.9. The fourth-order valence-corrected chi connectivity index (χ4v) is 1.51. The lowest BCUT2D eigenvalue weighted by Gasteiger charge is -2.08. The molecule has 0 spiro atoms. The van der Waals surface area contributed by atoms with E-state index in [1.165, 1.54) is 0 Å². The van der Waals surface area contributed by atoms with Crippen LogP contribution in [0.3, 0.4) is 0 Å². The predicted octanol–water partition coefficient (Wildman–Crippen LogP) is 3.18. The van der Waals surface area contributed by atoms with Crippen LogP contribution in [0.15, 0.2) is 24.3 Å². The number of anilines is 1. The normalized spacial score (nSPS) is 10.3. The number of rotatable bonds is 10. The summed E-state index contributed by atoms with van der Waals surface area (Å²) in [6.45, 7) is 3.12. The number of hydrogen-bond donors (Lipinski definition) is 1. The highest BCUT2D eigenvalue weighted by molar-refractivity contribution is 5.90. The zero-order valence-corrected chi connectivity index (χ0v) is 11.9. The van der Waals surface area contributed by atoms with E-state index in [0.29, 0.717) is 44.1 Å². The average Bonchev–Trinajstić information content (AvgIpc) is 2.46. The predicted molar refractivity (Wildman–Crippen MR) is 76.9 cm³/mol. The van der Waals surface area contributed by atoms with Crippen LogP contribution in [-0.4, -0.2) is 32.4 Å². The molecular formula is C15H22FNO3.